The molecule has 0 aromatic heterocycles. The first-order valence-electron chi connectivity index (χ1n) is 7.67. The SMILES string of the molecule is C=CC(CC/C(C)=C/C(=O)OCC)O[Si](C)(C)C(C)(C)C. The topological polar surface area (TPSA) is 35.5 Å². The molecule has 0 bridgehead atoms. The van der Waals surface area contributed by atoms with Gasteiger partial charge in [0.25, 0.3) is 0 Å². The zero-order valence-corrected chi connectivity index (χ0v) is 15.8. The van der Waals surface area contributed by atoms with E-state index in [4.69, 9.17) is 9.16 Å². The second-order valence-corrected chi connectivity index (χ2v) is 11.7. The number of rotatable bonds is 8. The molecule has 0 aromatic rings. The summed E-state index contributed by atoms with van der Waals surface area (Å²) in [4.78, 5) is 11.4. The van der Waals surface area contributed by atoms with Crippen LogP contribution in [-0.2, 0) is 14.0 Å². The van der Waals surface area contributed by atoms with Crippen molar-refractivity contribution in [3.05, 3.63) is 24.3 Å². The summed E-state index contributed by atoms with van der Waals surface area (Å²) in [7, 11) is -1.79. The molecule has 3 nitrogen and oxygen atoms in total. The molecular weight excluding hydrogens is 280 g/mol. The molecule has 4 heteroatoms. The number of hydrogen-bond donors (Lipinski definition) is 0. The van der Waals surface area contributed by atoms with Crippen molar-refractivity contribution in [2.45, 2.75) is 71.7 Å². The number of carbonyl (C=O) groups excluding carboxylic acids is 1. The number of ether oxygens (including phenoxy) is 1. The van der Waals surface area contributed by atoms with Gasteiger partial charge in [0.15, 0.2) is 8.32 Å². The van der Waals surface area contributed by atoms with Crippen molar-refractivity contribution >= 4 is 14.3 Å². The number of allylic oxidation sites excluding steroid dienone is 1. The zero-order valence-electron chi connectivity index (χ0n) is 14.8. The van der Waals surface area contributed by atoms with E-state index in [-0.39, 0.29) is 17.1 Å². The first-order chi connectivity index (χ1) is 9.53. The molecule has 0 rings (SSSR count). The Labute approximate surface area is 131 Å². The third-order valence-corrected chi connectivity index (χ3v) is 8.49. The van der Waals surface area contributed by atoms with E-state index in [1.54, 1.807) is 6.08 Å². The van der Waals surface area contributed by atoms with Crippen molar-refractivity contribution in [3.8, 4) is 0 Å². The summed E-state index contributed by atoms with van der Waals surface area (Å²) >= 11 is 0. The Balaban J connectivity index is 4.54. The van der Waals surface area contributed by atoms with Gasteiger partial charge >= 0.3 is 5.97 Å². The number of esters is 1. The minimum Gasteiger partial charge on any atom is -0.463 e. The summed E-state index contributed by atoms with van der Waals surface area (Å²) in [6, 6.07) is 0. The summed E-state index contributed by atoms with van der Waals surface area (Å²) in [6.45, 7) is 19.2. The van der Waals surface area contributed by atoms with E-state index in [0.717, 1.165) is 18.4 Å². The fourth-order valence-corrected chi connectivity index (χ4v) is 2.93. The maximum atomic E-state index is 11.4. The molecule has 0 aliphatic carbocycles. The van der Waals surface area contributed by atoms with Crippen LogP contribution in [0.5, 0.6) is 0 Å². The molecule has 0 heterocycles. The van der Waals surface area contributed by atoms with Crippen LogP contribution in [0.3, 0.4) is 0 Å². The van der Waals surface area contributed by atoms with Gasteiger partial charge in [-0.25, -0.2) is 4.79 Å². The molecule has 0 aromatic carbocycles. The Hall–Kier alpha value is -0.873. The molecular formula is C17H32O3Si. The van der Waals surface area contributed by atoms with Crippen LogP contribution >= 0.6 is 0 Å². The maximum Gasteiger partial charge on any atom is 0.330 e. The van der Waals surface area contributed by atoms with Gasteiger partial charge in [-0.2, -0.15) is 0 Å². The smallest absolute Gasteiger partial charge is 0.330 e. The summed E-state index contributed by atoms with van der Waals surface area (Å²) < 4.78 is 11.2. The standard InChI is InChI=1S/C17H32O3Si/c1-9-15(20-21(7,8)17(4,5)6)12-11-14(3)13-16(18)19-10-2/h9,13,15H,1,10-12H2,2-8H3/b14-13+. The fraction of sp³-hybridized carbons (Fsp3) is 0.706. The molecule has 21 heavy (non-hydrogen) atoms. The molecule has 1 atom stereocenters. The van der Waals surface area contributed by atoms with Gasteiger partial charge in [-0.1, -0.05) is 32.4 Å². The van der Waals surface area contributed by atoms with Gasteiger partial charge in [-0.3, -0.25) is 0 Å². The van der Waals surface area contributed by atoms with Gasteiger partial charge in [-0.15, -0.1) is 6.58 Å². The predicted molar refractivity (Wildman–Crippen MR) is 91.9 cm³/mol. The third-order valence-electron chi connectivity index (χ3n) is 3.99. The van der Waals surface area contributed by atoms with E-state index in [0.29, 0.717) is 6.61 Å². The molecule has 122 valence electrons. The van der Waals surface area contributed by atoms with E-state index in [9.17, 15) is 4.79 Å². The molecule has 0 aliphatic heterocycles. The number of hydrogen-bond acceptors (Lipinski definition) is 3. The molecule has 0 saturated carbocycles. The summed E-state index contributed by atoms with van der Waals surface area (Å²) in [5, 5.41) is 0.185. The van der Waals surface area contributed by atoms with Gasteiger partial charge in [0.2, 0.25) is 0 Å². The van der Waals surface area contributed by atoms with Crippen molar-refractivity contribution in [1.82, 2.24) is 0 Å². The summed E-state index contributed by atoms with van der Waals surface area (Å²) in [5.74, 6) is -0.268. The zero-order chi connectivity index (χ0) is 16.7. The second kappa shape index (κ2) is 8.54. The van der Waals surface area contributed by atoms with E-state index in [2.05, 4.69) is 40.4 Å². The molecule has 0 radical (unpaired) electrons. The van der Waals surface area contributed by atoms with Crippen molar-refractivity contribution < 1.29 is 14.0 Å². The minimum absolute atomic E-state index is 0.0384. The van der Waals surface area contributed by atoms with E-state index < -0.39 is 8.32 Å². The minimum atomic E-state index is -1.79. The fourth-order valence-electron chi connectivity index (χ4n) is 1.61. The Morgan fingerprint density at radius 3 is 2.33 bits per heavy atom. The van der Waals surface area contributed by atoms with Crippen molar-refractivity contribution in [3.63, 3.8) is 0 Å². The Bertz CT molecular complexity index is 378. The summed E-state index contributed by atoms with van der Waals surface area (Å²) in [5.41, 5.74) is 1.01. The van der Waals surface area contributed by atoms with E-state index >= 15 is 0 Å². The Morgan fingerprint density at radius 2 is 1.90 bits per heavy atom. The van der Waals surface area contributed by atoms with Crippen LogP contribution in [0.25, 0.3) is 0 Å². The van der Waals surface area contributed by atoms with Crippen LogP contribution in [0.15, 0.2) is 24.3 Å². The lowest BCUT2D eigenvalue weighted by Crippen LogP contribution is -2.43. The van der Waals surface area contributed by atoms with Crippen LogP contribution in [0.2, 0.25) is 18.1 Å². The van der Waals surface area contributed by atoms with Crippen molar-refractivity contribution in [2.75, 3.05) is 6.61 Å². The normalized spacial score (nSPS) is 14.7. The largest absolute Gasteiger partial charge is 0.463 e. The highest BCUT2D eigenvalue weighted by Crippen LogP contribution is 2.37. The molecule has 1 unspecified atom stereocenters. The predicted octanol–water partition coefficient (Wildman–Crippen LogP) is 4.85. The van der Waals surface area contributed by atoms with Gasteiger partial charge in [0.1, 0.15) is 0 Å². The van der Waals surface area contributed by atoms with Crippen molar-refractivity contribution in [1.29, 1.82) is 0 Å². The number of carbonyl (C=O) groups is 1. The monoisotopic (exact) mass is 312 g/mol. The van der Waals surface area contributed by atoms with Gasteiger partial charge in [-0.05, 0) is 44.8 Å². The summed E-state index contributed by atoms with van der Waals surface area (Å²) in [6.07, 6.45) is 5.13. The van der Waals surface area contributed by atoms with Crippen LogP contribution in [0.1, 0.15) is 47.5 Å². The molecule has 0 N–H and O–H groups in total. The molecule has 0 spiro atoms. The average Bonchev–Trinajstić information content (AvgIpc) is 2.33. The maximum absolute atomic E-state index is 11.4. The highest BCUT2D eigenvalue weighted by Gasteiger charge is 2.38. The lowest BCUT2D eigenvalue weighted by atomic mass is 10.1. The third kappa shape index (κ3) is 7.62. The van der Waals surface area contributed by atoms with Gasteiger partial charge < -0.3 is 9.16 Å². The lowest BCUT2D eigenvalue weighted by Gasteiger charge is -2.38. The molecule has 0 saturated heterocycles. The van der Waals surface area contributed by atoms with Crippen LogP contribution in [0, 0.1) is 0 Å². The molecule has 0 aliphatic rings. The lowest BCUT2D eigenvalue weighted by molar-refractivity contribution is -0.137. The van der Waals surface area contributed by atoms with Crippen LogP contribution in [-0.4, -0.2) is 27.0 Å². The highest BCUT2D eigenvalue weighted by atomic mass is 28.4. The Kier molecular flexibility index (Phi) is 8.19. The molecule has 0 amide bonds. The quantitative estimate of drug-likeness (QED) is 0.278. The average molecular weight is 313 g/mol. The Morgan fingerprint density at radius 1 is 1.33 bits per heavy atom. The van der Waals surface area contributed by atoms with Crippen LogP contribution < -0.4 is 0 Å². The van der Waals surface area contributed by atoms with Gasteiger partial charge in [0.05, 0.1) is 12.7 Å². The van der Waals surface area contributed by atoms with Crippen molar-refractivity contribution in [2.24, 2.45) is 0 Å². The molecule has 0 fully saturated rings. The second-order valence-electron chi connectivity index (χ2n) is 6.93. The highest BCUT2D eigenvalue weighted by molar-refractivity contribution is 6.74. The van der Waals surface area contributed by atoms with E-state index in [1.165, 1.54) is 0 Å². The van der Waals surface area contributed by atoms with Crippen LogP contribution in [0.4, 0.5) is 0 Å². The van der Waals surface area contributed by atoms with Gasteiger partial charge in [0, 0.05) is 6.08 Å². The first kappa shape index (κ1) is 20.1. The van der Waals surface area contributed by atoms with E-state index in [1.807, 2.05) is 19.9 Å². The first-order valence-corrected chi connectivity index (χ1v) is 10.6.